The van der Waals surface area contributed by atoms with E-state index in [-0.39, 0.29) is 0 Å². The lowest BCUT2D eigenvalue weighted by Gasteiger charge is -2.39. The first-order valence-electron chi connectivity index (χ1n) is 8.21. The Morgan fingerprint density at radius 1 is 1.00 bits per heavy atom. The Morgan fingerprint density at radius 3 is 2.29 bits per heavy atom. The Balaban J connectivity index is 1.70. The maximum Gasteiger partial charge on any atom is 0.137 e. The van der Waals surface area contributed by atoms with E-state index in [1.165, 1.54) is 38.8 Å². The lowest BCUT2D eigenvalue weighted by atomic mass is 10.1. The van der Waals surface area contributed by atoms with Crippen molar-refractivity contribution in [3.63, 3.8) is 0 Å². The second-order valence-corrected chi connectivity index (χ2v) is 6.28. The Morgan fingerprint density at radius 2 is 1.67 bits per heavy atom. The average Bonchev–Trinajstić information content (AvgIpc) is 3.04. The minimum absolute atomic E-state index is 0.841. The van der Waals surface area contributed by atoms with Crippen LogP contribution in [0.1, 0.15) is 37.1 Å². The summed E-state index contributed by atoms with van der Waals surface area (Å²) in [6, 6.07) is 0.841. The van der Waals surface area contributed by atoms with Gasteiger partial charge in [-0.25, -0.2) is 9.97 Å². The Labute approximate surface area is 127 Å². The van der Waals surface area contributed by atoms with Crippen LogP contribution in [0.15, 0.2) is 0 Å². The second kappa shape index (κ2) is 6.18. The molecule has 1 aromatic rings. The third-order valence-electron chi connectivity index (χ3n) is 4.92. The smallest absolute Gasteiger partial charge is 0.137 e. The SMILES string of the molecule is CNc1nc(C)nc(N2CCN(C3CCCC3)CC2)c1C. The van der Waals surface area contributed by atoms with Crippen molar-refractivity contribution in [1.29, 1.82) is 0 Å². The number of aryl methyl sites for hydroxylation is 1. The summed E-state index contributed by atoms with van der Waals surface area (Å²) in [6.45, 7) is 8.58. The Bertz CT molecular complexity index is 488. The number of nitrogens with one attached hydrogen (secondary N) is 1. The summed E-state index contributed by atoms with van der Waals surface area (Å²) in [4.78, 5) is 14.3. The van der Waals surface area contributed by atoms with Gasteiger partial charge in [0.15, 0.2) is 0 Å². The van der Waals surface area contributed by atoms with Crippen LogP contribution in [0.4, 0.5) is 11.6 Å². The van der Waals surface area contributed by atoms with Crippen LogP contribution in [0.2, 0.25) is 0 Å². The van der Waals surface area contributed by atoms with Crippen LogP contribution < -0.4 is 10.2 Å². The molecule has 21 heavy (non-hydrogen) atoms. The largest absolute Gasteiger partial charge is 0.373 e. The first-order chi connectivity index (χ1) is 10.2. The molecule has 0 unspecified atom stereocenters. The van der Waals surface area contributed by atoms with Gasteiger partial charge in [-0.1, -0.05) is 12.8 Å². The van der Waals surface area contributed by atoms with Crippen LogP contribution in [0, 0.1) is 13.8 Å². The summed E-state index contributed by atoms with van der Waals surface area (Å²) in [6.07, 6.45) is 5.63. The molecule has 116 valence electrons. The van der Waals surface area contributed by atoms with E-state index in [4.69, 9.17) is 0 Å². The van der Waals surface area contributed by atoms with Crippen molar-refractivity contribution in [2.24, 2.45) is 0 Å². The van der Waals surface area contributed by atoms with Crippen molar-refractivity contribution in [2.75, 3.05) is 43.4 Å². The molecule has 0 bridgehead atoms. The molecule has 5 nitrogen and oxygen atoms in total. The summed E-state index contributed by atoms with van der Waals surface area (Å²) >= 11 is 0. The maximum absolute atomic E-state index is 4.68. The van der Waals surface area contributed by atoms with E-state index in [0.717, 1.165) is 42.2 Å². The molecule has 1 N–H and O–H groups in total. The van der Waals surface area contributed by atoms with Gasteiger partial charge in [0.25, 0.3) is 0 Å². The van der Waals surface area contributed by atoms with Crippen molar-refractivity contribution in [3.05, 3.63) is 11.4 Å². The van der Waals surface area contributed by atoms with Gasteiger partial charge in [0.1, 0.15) is 17.5 Å². The van der Waals surface area contributed by atoms with Gasteiger partial charge >= 0.3 is 0 Å². The highest BCUT2D eigenvalue weighted by atomic mass is 15.3. The van der Waals surface area contributed by atoms with Crippen molar-refractivity contribution >= 4 is 11.6 Å². The standard InChI is InChI=1S/C16H27N5/c1-12-15(17-3)18-13(2)19-16(12)21-10-8-20(9-11-21)14-6-4-5-7-14/h14H,4-11H2,1-3H3,(H,17,18,19). The molecule has 1 aliphatic carbocycles. The molecule has 1 aliphatic heterocycles. The normalized spacial score (nSPS) is 21.0. The highest BCUT2D eigenvalue weighted by Crippen LogP contribution is 2.27. The van der Waals surface area contributed by atoms with Crippen LogP contribution in [0.5, 0.6) is 0 Å². The third-order valence-corrected chi connectivity index (χ3v) is 4.92. The minimum atomic E-state index is 0.841. The second-order valence-electron chi connectivity index (χ2n) is 6.28. The molecule has 1 saturated carbocycles. The average molecular weight is 289 g/mol. The maximum atomic E-state index is 4.68. The Kier molecular flexibility index (Phi) is 4.29. The lowest BCUT2D eigenvalue weighted by Crippen LogP contribution is -2.50. The molecule has 1 aromatic heterocycles. The zero-order valence-electron chi connectivity index (χ0n) is 13.5. The van der Waals surface area contributed by atoms with E-state index >= 15 is 0 Å². The topological polar surface area (TPSA) is 44.3 Å². The van der Waals surface area contributed by atoms with Crippen LogP contribution in [-0.4, -0.2) is 54.1 Å². The number of hydrogen-bond donors (Lipinski definition) is 1. The highest BCUT2D eigenvalue weighted by Gasteiger charge is 2.27. The summed E-state index contributed by atoms with van der Waals surface area (Å²) in [5.41, 5.74) is 1.16. The molecule has 0 atom stereocenters. The first-order valence-corrected chi connectivity index (χ1v) is 8.21. The fraction of sp³-hybridized carbons (Fsp3) is 0.750. The molecule has 0 spiro atoms. The summed E-state index contributed by atoms with van der Waals surface area (Å²) < 4.78 is 0. The number of piperazine rings is 1. The fourth-order valence-corrected chi connectivity index (χ4v) is 3.73. The molecular formula is C16H27N5. The molecule has 2 aliphatic rings. The number of hydrogen-bond acceptors (Lipinski definition) is 5. The molecule has 0 amide bonds. The van der Waals surface area contributed by atoms with E-state index in [0.29, 0.717) is 0 Å². The van der Waals surface area contributed by atoms with Gasteiger partial charge < -0.3 is 10.2 Å². The zero-order chi connectivity index (χ0) is 14.8. The molecule has 0 radical (unpaired) electrons. The van der Waals surface area contributed by atoms with E-state index < -0.39 is 0 Å². The van der Waals surface area contributed by atoms with Crippen LogP contribution >= 0.6 is 0 Å². The van der Waals surface area contributed by atoms with Gasteiger partial charge in [-0.15, -0.1) is 0 Å². The quantitative estimate of drug-likeness (QED) is 0.924. The zero-order valence-corrected chi connectivity index (χ0v) is 13.5. The Hall–Kier alpha value is -1.36. The molecular weight excluding hydrogens is 262 g/mol. The predicted octanol–water partition coefficient (Wildman–Crippen LogP) is 2.20. The van der Waals surface area contributed by atoms with Crippen LogP contribution in [-0.2, 0) is 0 Å². The van der Waals surface area contributed by atoms with E-state index in [2.05, 4.69) is 32.0 Å². The molecule has 2 heterocycles. The molecule has 1 saturated heterocycles. The van der Waals surface area contributed by atoms with Crippen molar-refractivity contribution in [2.45, 2.75) is 45.6 Å². The summed E-state index contributed by atoms with van der Waals surface area (Å²) in [5, 5.41) is 3.18. The monoisotopic (exact) mass is 289 g/mol. The number of nitrogens with zero attached hydrogens (tertiary/aromatic N) is 4. The van der Waals surface area contributed by atoms with Gasteiger partial charge in [0, 0.05) is 44.8 Å². The van der Waals surface area contributed by atoms with E-state index in [9.17, 15) is 0 Å². The van der Waals surface area contributed by atoms with Crippen LogP contribution in [0.3, 0.4) is 0 Å². The van der Waals surface area contributed by atoms with Gasteiger partial charge in [-0.2, -0.15) is 0 Å². The summed E-state index contributed by atoms with van der Waals surface area (Å²) in [7, 11) is 1.93. The number of anilines is 2. The molecule has 2 fully saturated rings. The summed E-state index contributed by atoms with van der Waals surface area (Å²) in [5.74, 6) is 2.91. The molecule has 3 rings (SSSR count). The van der Waals surface area contributed by atoms with Gasteiger partial charge in [-0.3, -0.25) is 4.90 Å². The van der Waals surface area contributed by atoms with E-state index in [1.54, 1.807) is 0 Å². The van der Waals surface area contributed by atoms with Crippen LogP contribution in [0.25, 0.3) is 0 Å². The minimum Gasteiger partial charge on any atom is -0.373 e. The third kappa shape index (κ3) is 2.98. The fourth-order valence-electron chi connectivity index (χ4n) is 3.73. The van der Waals surface area contributed by atoms with Gasteiger partial charge in [0.2, 0.25) is 0 Å². The molecule has 0 aromatic carbocycles. The molecule has 5 heteroatoms. The van der Waals surface area contributed by atoms with E-state index in [1.807, 2.05) is 14.0 Å². The highest BCUT2D eigenvalue weighted by molar-refractivity contribution is 5.58. The predicted molar refractivity (Wildman–Crippen MR) is 87.1 cm³/mol. The number of rotatable bonds is 3. The van der Waals surface area contributed by atoms with Crippen molar-refractivity contribution in [1.82, 2.24) is 14.9 Å². The van der Waals surface area contributed by atoms with Gasteiger partial charge in [0.05, 0.1) is 0 Å². The van der Waals surface area contributed by atoms with Crippen molar-refractivity contribution < 1.29 is 0 Å². The van der Waals surface area contributed by atoms with Gasteiger partial charge in [-0.05, 0) is 26.7 Å². The number of aromatic nitrogens is 2. The van der Waals surface area contributed by atoms with Crippen molar-refractivity contribution in [3.8, 4) is 0 Å². The lowest BCUT2D eigenvalue weighted by molar-refractivity contribution is 0.187. The first kappa shape index (κ1) is 14.6.